The molecular formula is C6H6CuNO6. The summed E-state index contributed by atoms with van der Waals surface area (Å²) in [4.78, 5) is 30.6. The van der Waals surface area contributed by atoms with Crippen molar-refractivity contribution in [3.05, 3.63) is 0 Å². The molecule has 0 N–H and O–H groups in total. The first-order valence-electron chi connectivity index (χ1n) is 3.23. The van der Waals surface area contributed by atoms with Crippen LogP contribution in [0.1, 0.15) is 0 Å². The number of hydrogen-bond acceptors (Lipinski definition) is 7. The Labute approximate surface area is 89.8 Å². The summed E-state index contributed by atoms with van der Waals surface area (Å²) in [6.07, 6.45) is 0. The fourth-order valence-electron chi connectivity index (χ4n) is 0.715. The number of carboxylic acids is 3. The van der Waals surface area contributed by atoms with Crippen LogP contribution in [-0.4, -0.2) is 42.4 Å². The SMILES string of the molecule is O=C([O-])CN(CC(=O)[O-])CC(=O)[O-].[Cu+3]. The number of rotatable bonds is 6. The Hall–Kier alpha value is -1.11. The molecule has 0 atom stereocenters. The molecule has 82 valence electrons. The Kier molecular flexibility index (Phi) is 8.02. The minimum Gasteiger partial charge on any atom is -0.549 e. The fraction of sp³-hybridized carbons (Fsp3) is 0.500. The Bertz CT molecular complexity index is 192. The second-order valence-electron chi connectivity index (χ2n) is 2.26. The molecule has 0 heterocycles. The average Bonchev–Trinajstić information content (AvgIpc) is 1.80. The summed E-state index contributed by atoms with van der Waals surface area (Å²) >= 11 is 0. The van der Waals surface area contributed by atoms with Crippen molar-refractivity contribution in [2.24, 2.45) is 0 Å². The monoisotopic (exact) mass is 251 g/mol. The molecule has 0 fully saturated rings. The average molecular weight is 252 g/mol. The summed E-state index contributed by atoms with van der Waals surface area (Å²) in [6, 6.07) is 0. The van der Waals surface area contributed by atoms with Crippen LogP contribution in [0.3, 0.4) is 0 Å². The first-order chi connectivity index (χ1) is 5.91. The van der Waals surface area contributed by atoms with Crippen molar-refractivity contribution in [1.29, 1.82) is 0 Å². The molecular weight excluding hydrogens is 246 g/mol. The molecule has 0 spiro atoms. The quantitative estimate of drug-likeness (QED) is 0.431. The van der Waals surface area contributed by atoms with Crippen LogP contribution < -0.4 is 15.3 Å². The van der Waals surface area contributed by atoms with Crippen molar-refractivity contribution in [3.8, 4) is 0 Å². The first kappa shape index (κ1) is 15.4. The van der Waals surface area contributed by atoms with Crippen LogP contribution in [0.2, 0.25) is 0 Å². The Morgan fingerprint density at radius 1 is 0.786 bits per heavy atom. The first-order valence-corrected chi connectivity index (χ1v) is 3.23. The van der Waals surface area contributed by atoms with Crippen molar-refractivity contribution in [3.63, 3.8) is 0 Å². The molecule has 0 rings (SSSR count). The number of carbonyl (C=O) groups is 3. The summed E-state index contributed by atoms with van der Waals surface area (Å²) < 4.78 is 0. The molecule has 0 aliphatic rings. The second kappa shape index (κ2) is 7.31. The Balaban J connectivity index is 0. The van der Waals surface area contributed by atoms with Crippen molar-refractivity contribution >= 4 is 17.9 Å². The number of nitrogens with zero attached hydrogens (tertiary/aromatic N) is 1. The third-order valence-corrected chi connectivity index (χ3v) is 1.06. The van der Waals surface area contributed by atoms with Gasteiger partial charge in [-0.25, -0.2) is 0 Å². The maximum absolute atomic E-state index is 9.99. The van der Waals surface area contributed by atoms with Gasteiger partial charge in [-0.2, -0.15) is 0 Å². The van der Waals surface area contributed by atoms with Crippen LogP contribution in [0.15, 0.2) is 0 Å². The van der Waals surface area contributed by atoms with Crippen LogP contribution >= 0.6 is 0 Å². The number of aliphatic carboxylic acids is 3. The zero-order chi connectivity index (χ0) is 10.4. The van der Waals surface area contributed by atoms with Gasteiger partial charge in [0.15, 0.2) is 0 Å². The van der Waals surface area contributed by atoms with E-state index in [1.807, 2.05) is 0 Å². The summed E-state index contributed by atoms with van der Waals surface area (Å²) in [7, 11) is 0. The zero-order valence-corrected chi connectivity index (χ0v) is 7.76. The normalized spacial score (nSPS) is 9.21. The third-order valence-electron chi connectivity index (χ3n) is 1.06. The van der Waals surface area contributed by atoms with Gasteiger partial charge in [0.05, 0.1) is 17.9 Å². The second-order valence-corrected chi connectivity index (χ2v) is 2.26. The molecule has 0 aliphatic heterocycles. The van der Waals surface area contributed by atoms with Crippen LogP contribution in [0.25, 0.3) is 0 Å². The molecule has 8 heteroatoms. The van der Waals surface area contributed by atoms with E-state index in [0.29, 0.717) is 4.90 Å². The molecule has 0 saturated carbocycles. The van der Waals surface area contributed by atoms with E-state index in [0.717, 1.165) is 0 Å². The molecule has 0 amide bonds. The maximum atomic E-state index is 9.99. The van der Waals surface area contributed by atoms with Gasteiger partial charge in [-0.15, -0.1) is 0 Å². The van der Waals surface area contributed by atoms with Gasteiger partial charge in [0, 0.05) is 19.6 Å². The van der Waals surface area contributed by atoms with Crippen LogP contribution in [0, 0.1) is 0 Å². The standard InChI is InChI=1S/C6H9NO6.Cu/c8-4(9)1-7(2-5(10)11)3-6(12)13;/h1-3H2,(H,8,9)(H,10,11)(H,12,13);/q;+3/p-3. The van der Waals surface area contributed by atoms with Crippen LogP contribution in [-0.2, 0) is 31.5 Å². The predicted molar refractivity (Wildman–Crippen MR) is 31.5 cm³/mol. The molecule has 0 unspecified atom stereocenters. The van der Waals surface area contributed by atoms with E-state index in [1.54, 1.807) is 0 Å². The number of carboxylic acid groups (broad SMARTS) is 3. The molecule has 0 aliphatic carbocycles. The molecule has 7 nitrogen and oxygen atoms in total. The summed E-state index contributed by atoms with van der Waals surface area (Å²) in [5, 5.41) is 30.0. The van der Waals surface area contributed by atoms with Gasteiger partial charge in [0.1, 0.15) is 0 Å². The minimum atomic E-state index is -1.57. The summed E-state index contributed by atoms with van der Waals surface area (Å²) in [5.74, 6) is -4.70. The minimum absolute atomic E-state index is 0. The van der Waals surface area contributed by atoms with Crippen molar-refractivity contribution in [2.75, 3.05) is 19.6 Å². The van der Waals surface area contributed by atoms with E-state index in [2.05, 4.69) is 0 Å². The third kappa shape index (κ3) is 8.98. The largest absolute Gasteiger partial charge is 3.00 e. The van der Waals surface area contributed by atoms with Gasteiger partial charge >= 0.3 is 17.1 Å². The molecule has 0 saturated heterocycles. The smallest absolute Gasteiger partial charge is 0.549 e. The Morgan fingerprint density at radius 2 is 1.00 bits per heavy atom. The maximum Gasteiger partial charge on any atom is 3.00 e. The topological polar surface area (TPSA) is 124 Å². The summed E-state index contributed by atoms with van der Waals surface area (Å²) in [5.41, 5.74) is 0. The molecule has 0 aromatic carbocycles. The molecule has 14 heavy (non-hydrogen) atoms. The van der Waals surface area contributed by atoms with E-state index >= 15 is 0 Å². The van der Waals surface area contributed by atoms with Gasteiger partial charge < -0.3 is 29.7 Å². The van der Waals surface area contributed by atoms with E-state index in [9.17, 15) is 29.7 Å². The van der Waals surface area contributed by atoms with E-state index in [-0.39, 0.29) is 17.1 Å². The van der Waals surface area contributed by atoms with Gasteiger partial charge in [-0.1, -0.05) is 0 Å². The van der Waals surface area contributed by atoms with Crippen molar-refractivity contribution in [1.82, 2.24) is 4.90 Å². The molecule has 0 aromatic rings. The van der Waals surface area contributed by atoms with Crippen LogP contribution in [0.5, 0.6) is 0 Å². The fourth-order valence-corrected chi connectivity index (χ4v) is 0.715. The van der Waals surface area contributed by atoms with Crippen molar-refractivity contribution in [2.45, 2.75) is 0 Å². The Morgan fingerprint density at radius 3 is 1.14 bits per heavy atom. The predicted octanol–water partition coefficient (Wildman–Crippen LogP) is -5.46. The number of hydrogen-bond donors (Lipinski definition) is 0. The molecule has 0 aromatic heterocycles. The molecule has 0 radical (unpaired) electrons. The van der Waals surface area contributed by atoms with Crippen LogP contribution in [0.4, 0.5) is 0 Å². The van der Waals surface area contributed by atoms with Gasteiger partial charge in [-0.05, 0) is 0 Å². The van der Waals surface area contributed by atoms with E-state index < -0.39 is 37.5 Å². The van der Waals surface area contributed by atoms with E-state index in [4.69, 9.17) is 0 Å². The number of carbonyl (C=O) groups excluding carboxylic acids is 3. The molecule has 0 bridgehead atoms. The zero-order valence-electron chi connectivity index (χ0n) is 6.82. The van der Waals surface area contributed by atoms with Gasteiger partial charge in [-0.3, -0.25) is 4.90 Å². The van der Waals surface area contributed by atoms with Crippen molar-refractivity contribution < 1.29 is 46.8 Å². The van der Waals surface area contributed by atoms with Gasteiger partial charge in [0.25, 0.3) is 0 Å². The van der Waals surface area contributed by atoms with E-state index in [1.165, 1.54) is 0 Å². The van der Waals surface area contributed by atoms with Gasteiger partial charge in [0.2, 0.25) is 0 Å². The summed E-state index contributed by atoms with van der Waals surface area (Å²) in [6.45, 7) is -2.37.